The Morgan fingerprint density at radius 1 is 0.889 bits per heavy atom. The van der Waals surface area contributed by atoms with Gasteiger partial charge in [0.05, 0.1) is 10.8 Å². The van der Waals surface area contributed by atoms with Gasteiger partial charge in [-0.1, -0.05) is 0 Å². The summed E-state index contributed by atoms with van der Waals surface area (Å²) in [7, 11) is 0. The number of hydrogen-bond acceptors (Lipinski definition) is 4. The maximum absolute atomic E-state index is 12.3. The zero-order valence-corrected chi connectivity index (χ0v) is 11.5. The first-order valence-electron chi connectivity index (χ1n) is 5.66. The molecule has 1 rings (SSSR count). The van der Waals surface area contributed by atoms with E-state index in [9.17, 15) is 19.2 Å². The number of hydrazine groups is 1. The molecule has 100 valence electrons. The third-order valence-corrected chi connectivity index (χ3v) is 3.81. The van der Waals surface area contributed by atoms with E-state index in [-0.39, 0.29) is 0 Å². The fourth-order valence-electron chi connectivity index (χ4n) is 1.84. The summed E-state index contributed by atoms with van der Waals surface area (Å²) in [5.74, 6) is -2.39. The number of hydrogen-bond donors (Lipinski definition) is 0. The van der Waals surface area contributed by atoms with Gasteiger partial charge in [0.1, 0.15) is 0 Å². The van der Waals surface area contributed by atoms with Crippen molar-refractivity contribution in [2.45, 2.75) is 41.5 Å². The molecule has 1 fully saturated rings. The molecule has 0 atom stereocenters. The van der Waals surface area contributed by atoms with E-state index in [2.05, 4.69) is 0 Å². The molecule has 0 spiro atoms. The second-order valence-electron chi connectivity index (χ2n) is 5.52. The quantitative estimate of drug-likeness (QED) is 0.646. The van der Waals surface area contributed by atoms with Crippen molar-refractivity contribution >= 4 is 23.6 Å². The summed E-state index contributed by atoms with van der Waals surface area (Å²) in [6.07, 6.45) is 0. The monoisotopic (exact) mass is 254 g/mol. The Balaban J connectivity index is 3.36. The van der Waals surface area contributed by atoms with E-state index in [4.69, 9.17) is 0 Å². The third-order valence-electron chi connectivity index (χ3n) is 3.81. The van der Waals surface area contributed by atoms with Gasteiger partial charge in [-0.25, -0.2) is 0 Å². The van der Waals surface area contributed by atoms with Crippen molar-refractivity contribution in [3.05, 3.63) is 0 Å². The topological polar surface area (TPSA) is 74.8 Å². The largest absolute Gasteiger partial charge is 0.273 e. The Bertz CT molecular complexity index is 411. The van der Waals surface area contributed by atoms with Crippen molar-refractivity contribution in [3.63, 3.8) is 0 Å². The van der Waals surface area contributed by atoms with Gasteiger partial charge in [-0.2, -0.15) is 10.0 Å². The molecule has 6 heteroatoms. The summed E-state index contributed by atoms with van der Waals surface area (Å²) in [5.41, 5.74) is -1.93. The van der Waals surface area contributed by atoms with Gasteiger partial charge in [0, 0.05) is 13.8 Å². The van der Waals surface area contributed by atoms with Crippen LogP contribution in [-0.2, 0) is 19.2 Å². The molecule has 0 bridgehead atoms. The van der Waals surface area contributed by atoms with Crippen LogP contribution >= 0.6 is 0 Å². The first kappa shape index (κ1) is 14.3. The SMILES string of the molecule is CC(=O)N(C(C)=O)N1C(=O)C(C)(C)C(C)(C)C1=O. The molecule has 1 saturated heterocycles. The van der Waals surface area contributed by atoms with E-state index >= 15 is 0 Å². The number of imide groups is 2. The second-order valence-corrected chi connectivity index (χ2v) is 5.52. The Morgan fingerprint density at radius 2 is 1.17 bits per heavy atom. The molecular formula is C12H18N2O4. The Kier molecular flexibility index (Phi) is 3.10. The van der Waals surface area contributed by atoms with Crippen LogP contribution in [0.3, 0.4) is 0 Å². The number of rotatable bonds is 1. The minimum atomic E-state index is -0.965. The predicted molar refractivity (Wildman–Crippen MR) is 62.6 cm³/mol. The Morgan fingerprint density at radius 3 is 1.39 bits per heavy atom. The smallest absolute Gasteiger partial charge is 0.255 e. The minimum absolute atomic E-state index is 0.539. The summed E-state index contributed by atoms with van der Waals surface area (Å²) in [5, 5.41) is 1.27. The molecule has 18 heavy (non-hydrogen) atoms. The minimum Gasteiger partial charge on any atom is -0.273 e. The zero-order valence-electron chi connectivity index (χ0n) is 11.5. The molecule has 1 aliphatic heterocycles. The van der Waals surface area contributed by atoms with Crippen LogP contribution in [-0.4, -0.2) is 33.6 Å². The molecule has 6 nitrogen and oxygen atoms in total. The van der Waals surface area contributed by atoms with Crippen molar-refractivity contribution in [2.24, 2.45) is 10.8 Å². The molecule has 0 aromatic rings. The van der Waals surface area contributed by atoms with E-state index in [1.54, 1.807) is 27.7 Å². The molecular weight excluding hydrogens is 236 g/mol. The van der Waals surface area contributed by atoms with Crippen LogP contribution in [0, 0.1) is 10.8 Å². The van der Waals surface area contributed by atoms with Gasteiger partial charge in [0.2, 0.25) is 11.8 Å². The molecule has 1 heterocycles. The lowest BCUT2D eigenvalue weighted by Crippen LogP contribution is -2.52. The third kappa shape index (κ3) is 1.63. The lowest BCUT2D eigenvalue weighted by molar-refractivity contribution is -0.176. The molecule has 0 aromatic heterocycles. The van der Waals surface area contributed by atoms with E-state index in [0.29, 0.717) is 10.0 Å². The van der Waals surface area contributed by atoms with Crippen LogP contribution in [0.1, 0.15) is 41.5 Å². The molecule has 1 aliphatic rings. The second kappa shape index (κ2) is 3.90. The summed E-state index contributed by atoms with van der Waals surface area (Å²) in [4.78, 5) is 47.4. The van der Waals surface area contributed by atoms with Gasteiger partial charge >= 0.3 is 0 Å². The number of carbonyl (C=O) groups is 4. The van der Waals surface area contributed by atoms with Gasteiger partial charge < -0.3 is 0 Å². The Hall–Kier alpha value is -1.72. The van der Waals surface area contributed by atoms with Crippen LogP contribution < -0.4 is 0 Å². The molecule has 0 unspecified atom stereocenters. The first-order chi connectivity index (χ1) is 7.96. The standard InChI is InChI=1S/C12H18N2O4/c1-7(15)13(8(2)16)14-9(17)11(3,4)12(5,6)10(14)18/h1-6H3. The first-order valence-corrected chi connectivity index (χ1v) is 5.66. The molecule has 0 radical (unpaired) electrons. The van der Waals surface area contributed by atoms with Crippen LogP contribution in [0.2, 0.25) is 0 Å². The van der Waals surface area contributed by atoms with Gasteiger partial charge in [0.15, 0.2) is 0 Å². The van der Waals surface area contributed by atoms with E-state index in [1.165, 1.54) is 0 Å². The van der Waals surface area contributed by atoms with E-state index in [0.717, 1.165) is 13.8 Å². The Labute approximate surface area is 106 Å². The van der Waals surface area contributed by atoms with Crippen LogP contribution in [0.25, 0.3) is 0 Å². The normalized spacial score (nSPS) is 21.1. The number of nitrogens with zero attached hydrogens (tertiary/aromatic N) is 2. The summed E-state index contributed by atoms with van der Waals surface area (Å²) >= 11 is 0. The van der Waals surface area contributed by atoms with Crippen molar-refractivity contribution < 1.29 is 19.2 Å². The van der Waals surface area contributed by atoms with Crippen LogP contribution in [0.4, 0.5) is 0 Å². The van der Waals surface area contributed by atoms with Crippen molar-refractivity contribution in [1.29, 1.82) is 0 Å². The fraction of sp³-hybridized carbons (Fsp3) is 0.667. The van der Waals surface area contributed by atoms with Crippen LogP contribution in [0.5, 0.6) is 0 Å². The van der Waals surface area contributed by atoms with Crippen molar-refractivity contribution in [3.8, 4) is 0 Å². The highest BCUT2D eigenvalue weighted by Crippen LogP contribution is 2.47. The lowest BCUT2D eigenvalue weighted by Gasteiger charge is -2.28. The summed E-state index contributed by atoms with van der Waals surface area (Å²) in [6, 6.07) is 0. The van der Waals surface area contributed by atoms with Gasteiger partial charge in [-0.05, 0) is 27.7 Å². The number of carbonyl (C=O) groups excluding carboxylic acids is 4. The highest BCUT2D eigenvalue weighted by molar-refractivity contribution is 6.12. The maximum atomic E-state index is 12.3. The number of amides is 4. The van der Waals surface area contributed by atoms with Crippen LogP contribution in [0.15, 0.2) is 0 Å². The van der Waals surface area contributed by atoms with Gasteiger partial charge in [0.25, 0.3) is 11.8 Å². The maximum Gasteiger partial charge on any atom is 0.255 e. The van der Waals surface area contributed by atoms with Crippen molar-refractivity contribution in [1.82, 2.24) is 10.0 Å². The average Bonchev–Trinajstić information content (AvgIpc) is 2.30. The molecule has 0 saturated carbocycles. The van der Waals surface area contributed by atoms with E-state index in [1.807, 2.05) is 0 Å². The highest BCUT2D eigenvalue weighted by atomic mass is 16.2. The van der Waals surface area contributed by atoms with Gasteiger partial charge in [-0.15, -0.1) is 0 Å². The lowest BCUT2D eigenvalue weighted by atomic mass is 9.70. The highest BCUT2D eigenvalue weighted by Gasteiger charge is 2.61. The fourth-order valence-corrected chi connectivity index (χ4v) is 1.84. The molecule has 0 aromatic carbocycles. The average molecular weight is 254 g/mol. The predicted octanol–water partition coefficient (Wildman–Crippen LogP) is 0.718. The summed E-state index contributed by atoms with van der Waals surface area (Å²) < 4.78 is 0. The zero-order chi connectivity index (χ0) is 14.5. The van der Waals surface area contributed by atoms with Crippen molar-refractivity contribution in [2.75, 3.05) is 0 Å². The van der Waals surface area contributed by atoms with E-state index < -0.39 is 34.5 Å². The molecule has 4 amide bonds. The molecule has 0 aliphatic carbocycles. The molecule has 0 N–H and O–H groups in total. The van der Waals surface area contributed by atoms with Gasteiger partial charge in [-0.3, -0.25) is 19.2 Å². The summed E-state index contributed by atoms with van der Waals surface area (Å²) in [6.45, 7) is 8.80.